The van der Waals surface area contributed by atoms with Crippen LogP contribution in [0.2, 0.25) is 0 Å². The van der Waals surface area contributed by atoms with Gasteiger partial charge in [0.15, 0.2) is 11.5 Å². The number of hydrogen-bond acceptors (Lipinski definition) is 10. The Morgan fingerprint density at radius 3 is 2.81 bits per heavy atom. The molecule has 1 N–H and O–H groups in total. The zero-order chi connectivity index (χ0) is 19.1. The number of rotatable bonds is 3. The van der Waals surface area contributed by atoms with Gasteiger partial charge in [-0.25, -0.2) is 19.4 Å². The number of aryl methyl sites for hydroxylation is 2. The summed E-state index contributed by atoms with van der Waals surface area (Å²) in [6, 6.07) is 1.60. The van der Waals surface area contributed by atoms with Gasteiger partial charge in [0.25, 0.3) is 6.47 Å². The Morgan fingerprint density at radius 2 is 2.19 bits per heavy atom. The van der Waals surface area contributed by atoms with Crippen LogP contribution in [0.1, 0.15) is 28.1 Å². The van der Waals surface area contributed by atoms with Gasteiger partial charge in [-0.05, 0) is 23.4 Å². The van der Waals surface area contributed by atoms with Gasteiger partial charge in [-0.3, -0.25) is 4.79 Å². The van der Waals surface area contributed by atoms with Crippen molar-refractivity contribution < 1.29 is 24.2 Å². The van der Waals surface area contributed by atoms with Crippen LogP contribution in [0.3, 0.4) is 0 Å². The molecule has 1 fully saturated rings. The predicted molar refractivity (Wildman–Crippen MR) is 86.5 cm³/mol. The van der Waals surface area contributed by atoms with Crippen LogP contribution in [0.5, 0.6) is 0 Å². The van der Waals surface area contributed by atoms with Gasteiger partial charge in [-0.2, -0.15) is 0 Å². The molecule has 0 saturated carbocycles. The fraction of sp³-hybridized carbons (Fsp3) is 0.500. The number of nitrogens with zero attached hydrogens (tertiary/aromatic N) is 7. The molecule has 3 heterocycles. The van der Waals surface area contributed by atoms with E-state index in [2.05, 4.69) is 25.5 Å². The van der Waals surface area contributed by atoms with E-state index in [1.165, 1.54) is 7.11 Å². The molecule has 1 saturated heterocycles. The number of carbonyl (C=O) groups is 2. The number of ether oxygens (including phenoxy) is 2. The zero-order valence-electron chi connectivity index (χ0n) is 14.6. The summed E-state index contributed by atoms with van der Waals surface area (Å²) in [5.74, 6) is 0.614. The lowest BCUT2D eigenvalue weighted by Crippen LogP contribution is -2.40. The van der Waals surface area contributed by atoms with E-state index in [9.17, 15) is 4.79 Å². The molecule has 0 aromatic carbocycles. The fourth-order valence-electron chi connectivity index (χ4n) is 2.40. The van der Waals surface area contributed by atoms with Crippen molar-refractivity contribution in [3.8, 4) is 0 Å². The van der Waals surface area contributed by atoms with Crippen molar-refractivity contribution in [3.63, 3.8) is 0 Å². The molecule has 1 aliphatic heterocycles. The number of morpholine rings is 1. The van der Waals surface area contributed by atoms with Crippen molar-refractivity contribution in [2.45, 2.75) is 13.0 Å². The summed E-state index contributed by atoms with van der Waals surface area (Å²) < 4.78 is 12.0. The third-order valence-electron chi connectivity index (χ3n) is 3.53. The number of tetrazole rings is 1. The molecule has 0 aliphatic carbocycles. The second kappa shape index (κ2) is 8.80. The van der Waals surface area contributed by atoms with Crippen LogP contribution >= 0.6 is 0 Å². The van der Waals surface area contributed by atoms with E-state index in [1.807, 2.05) is 11.8 Å². The van der Waals surface area contributed by atoms with Gasteiger partial charge in [-0.15, -0.1) is 5.10 Å². The molecule has 1 atom stereocenters. The smallest absolute Gasteiger partial charge is 0.356 e. The van der Waals surface area contributed by atoms with Crippen LogP contribution < -0.4 is 4.90 Å². The highest BCUT2D eigenvalue weighted by atomic mass is 16.5. The van der Waals surface area contributed by atoms with Gasteiger partial charge in [0, 0.05) is 19.3 Å². The van der Waals surface area contributed by atoms with Crippen LogP contribution in [-0.2, 0) is 21.3 Å². The molecule has 12 nitrogen and oxygen atoms in total. The minimum Gasteiger partial charge on any atom is -0.483 e. The molecular weight excluding hydrogens is 346 g/mol. The van der Waals surface area contributed by atoms with Crippen molar-refractivity contribution in [2.24, 2.45) is 7.05 Å². The highest BCUT2D eigenvalue weighted by molar-refractivity contribution is 5.87. The highest BCUT2D eigenvalue weighted by Gasteiger charge is 2.28. The molecular formula is C14H19N7O5. The quantitative estimate of drug-likeness (QED) is 0.548. The largest absolute Gasteiger partial charge is 0.483 e. The van der Waals surface area contributed by atoms with Gasteiger partial charge in [-0.1, -0.05) is 0 Å². The Labute approximate surface area is 148 Å². The number of carbonyl (C=O) groups excluding carboxylic acids is 1. The maximum Gasteiger partial charge on any atom is 0.356 e. The lowest BCUT2D eigenvalue weighted by atomic mass is 10.2. The molecule has 2 aromatic heterocycles. The van der Waals surface area contributed by atoms with Crippen molar-refractivity contribution in [3.05, 3.63) is 23.3 Å². The van der Waals surface area contributed by atoms with Crippen molar-refractivity contribution in [1.82, 2.24) is 30.2 Å². The van der Waals surface area contributed by atoms with Crippen molar-refractivity contribution in [2.75, 3.05) is 31.7 Å². The summed E-state index contributed by atoms with van der Waals surface area (Å²) in [5.41, 5.74) is 0.928. The number of carboxylic acid groups (broad SMARTS) is 1. The van der Waals surface area contributed by atoms with E-state index in [0.29, 0.717) is 37.2 Å². The minimum absolute atomic E-state index is 0.235. The third kappa shape index (κ3) is 4.47. The predicted octanol–water partition coefficient (Wildman–Crippen LogP) is -0.626. The van der Waals surface area contributed by atoms with Crippen molar-refractivity contribution >= 4 is 18.4 Å². The van der Waals surface area contributed by atoms with E-state index in [1.54, 1.807) is 17.8 Å². The van der Waals surface area contributed by atoms with Gasteiger partial charge >= 0.3 is 5.97 Å². The Hall–Kier alpha value is -3.15. The summed E-state index contributed by atoms with van der Waals surface area (Å²) in [7, 11) is 3.08. The van der Waals surface area contributed by atoms with Gasteiger partial charge in [0.1, 0.15) is 6.10 Å². The van der Waals surface area contributed by atoms with E-state index >= 15 is 0 Å². The molecule has 0 amide bonds. The van der Waals surface area contributed by atoms with Crippen LogP contribution in [-0.4, -0.2) is 74.5 Å². The van der Waals surface area contributed by atoms with E-state index in [-0.39, 0.29) is 18.3 Å². The summed E-state index contributed by atoms with van der Waals surface area (Å²) in [5, 5.41) is 18.3. The minimum atomic E-state index is -0.487. The number of esters is 1. The lowest BCUT2D eigenvalue weighted by Gasteiger charge is -2.32. The number of aromatic nitrogens is 6. The first-order chi connectivity index (χ1) is 12.5. The molecule has 26 heavy (non-hydrogen) atoms. The molecule has 3 rings (SSSR count). The zero-order valence-corrected chi connectivity index (χ0v) is 14.6. The van der Waals surface area contributed by atoms with Crippen molar-refractivity contribution in [1.29, 1.82) is 0 Å². The molecule has 1 aliphatic rings. The van der Waals surface area contributed by atoms with Crippen LogP contribution in [0.15, 0.2) is 6.07 Å². The molecule has 0 bridgehead atoms. The molecule has 0 spiro atoms. The maximum atomic E-state index is 11.7. The van der Waals surface area contributed by atoms with E-state index in [0.717, 1.165) is 0 Å². The number of hydrogen-bond donors (Lipinski definition) is 1. The Balaban J connectivity index is 0.000000758. The second-order valence-electron chi connectivity index (χ2n) is 5.26. The maximum absolute atomic E-state index is 11.7. The first-order valence-electron chi connectivity index (χ1n) is 7.60. The molecule has 2 aromatic rings. The molecule has 12 heteroatoms. The average molecular weight is 365 g/mol. The van der Waals surface area contributed by atoms with Gasteiger partial charge < -0.3 is 19.5 Å². The van der Waals surface area contributed by atoms with Crippen LogP contribution in [0.25, 0.3) is 0 Å². The Bertz CT molecular complexity index is 766. The Kier molecular flexibility index (Phi) is 6.49. The molecule has 140 valence electrons. The lowest BCUT2D eigenvalue weighted by molar-refractivity contribution is -0.122. The molecule has 1 unspecified atom stereocenters. The van der Waals surface area contributed by atoms with Gasteiger partial charge in [0.2, 0.25) is 5.95 Å². The summed E-state index contributed by atoms with van der Waals surface area (Å²) >= 11 is 0. The number of anilines is 1. The first kappa shape index (κ1) is 19.2. The fourth-order valence-corrected chi connectivity index (χ4v) is 2.40. The third-order valence-corrected chi connectivity index (χ3v) is 3.53. The SMILES string of the molecule is COC(=O)c1cc(C)nc(N2CCOC(c3nnnn3C)C2)n1.O=CO. The van der Waals surface area contributed by atoms with Gasteiger partial charge in [0.05, 0.1) is 20.3 Å². The van der Waals surface area contributed by atoms with Crippen LogP contribution in [0, 0.1) is 6.92 Å². The summed E-state index contributed by atoms with van der Waals surface area (Å²) in [4.78, 5) is 30.7. The standard InChI is InChI=1S/C13H17N7O3.CH2O2/c1-8-6-9(12(21)22-3)15-13(14-8)20-4-5-23-10(7-20)11-16-17-18-19(11)2;2-1-3/h6,10H,4-5,7H2,1-3H3;1H,(H,2,3). The first-order valence-corrected chi connectivity index (χ1v) is 7.60. The summed E-state index contributed by atoms with van der Waals surface area (Å²) in [6.07, 6.45) is -0.283. The van der Waals surface area contributed by atoms with Crippen LogP contribution in [0.4, 0.5) is 5.95 Å². The monoisotopic (exact) mass is 365 g/mol. The highest BCUT2D eigenvalue weighted by Crippen LogP contribution is 2.22. The number of methoxy groups -OCH3 is 1. The van der Waals surface area contributed by atoms with E-state index < -0.39 is 5.97 Å². The molecule has 0 radical (unpaired) electrons. The second-order valence-corrected chi connectivity index (χ2v) is 5.26. The normalized spacial score (nSPS) is 16.4. The van der Waals surface area contributed by atoms with E-state index in [4.69, 9.17) is 19.4 Å². The topological polar surface area (TPSA) is 145 Å². The summed E-state index contributed by atoms with van der Waals surface area (Å²) in [6.45, 7) is 3.16. The Morgan fingerprint density at radius 1 is 1.46 bits per heavy atom. The average Bonchev–Trinajstić information content (AvgIpc) is 3.07.